The topological polar surface area (TPSA) is 20.2 Å². The van der Waals surface area contributed by atoms with E-state index < -0.39 is 16.1 Å². The van der Waals surface area contributed by atoms with E-state index in [1.165, 1.54) is 16.4 Å². The lowest BCUT2D eigenvalue weighted by atomic mass is 10.2. The van der Waals surface area contributed by atoms with Gasteiger partial charge in [0, 0.05) is 6.61 Å². The van der Waals surface area contributed by atoms with Gasteiger partial charge in [0.15, 0.2) is 0 Å². The summed E-state index contributed by atoms with van der Waals surface area (Å²) in [6.07, 6.45) is 0. The second-order valence-electron chi connectivity index (χ2n) is 12.7. The van der Waals surface area contributed by atoms with Crippen molar-refractivity contribution in [2.24, 2.45) is 0 Å². The molecular formula is C37H52OSi2. The maximum absolute atomic E-state index is 7.57. The minimum Gasteiger partial charge on any atom is -0.397 e. The van der Waals surface area contributed by atoms with E-state index in [1.54, 1.807) is 17.3 Å². The Hall–Kier alpha value is -2.73. The molecule has 1 N–H and O–H groups in total. The van der Waals surface area contributed by atoms with Crippen molar-refractivity contribution in [1.82, 2.24) is 0 Å². The van der Waals surface area contributed by atoms with E-state index in [1.807, 2.05) is 0 Å². The van der Waals surface area contributed by atoms with Crippen LogP contribution in [0.3, 0.4) is 0 Å². The van der Waals surface area contributed by atoms with Crippen molar-refractivity contribution in [3.05, 3.63) is 121 Å². The molecule has 1 nitrogen and oxygen atoms in total. The Kier molecular flexibility index (Phi) is 12.4. The maximum Gasteiger partial charge on any atom is 0.123 e. The van der Waals surface area contributed by atoms with Crippen molar-refractivity contribution in [3.8, 4) is 0 Å². The van der Waals surface area contributed by atoms with E-state index in [0.29, 0.717) is 10.1 Å². The molecule has 0 bridgehead atoms. The fourth-order valence-corrected chi connectivity index (χ4v) is 15.2. The van der Waals surface area contributed by atoms with Gasteiger partial charge in [0.05, 0.1) is 0 Å². The lowest BCUT2D eigenvalue weighted by Crippen LogP contribution is -2.63. The summed E-state index contributed by atoms with van der Waals surface area (Å²) in [7, 11) is -3.43. The summed E-state index contributed by atoms with van der Waals surface area (Å²) in [6, 6.07) is 45.6. The average Bonchev–Trinajstić information content (AvgIpc) is 2.95. The molecule has 4 rings (SSSR count). The predicted molar refractivity (Wildman–Crippen MR) is 184 cm³/mol. The summed E-state index contributed by atoms with van der Waals surface area (Å²) in [4.78, 5) is 0. The Morgan fingerprint density at radius 1 is 0.475 bits per heavy atom. The van der Waals surface area contributed by atoms with Crippen LogP contribution >= 0.6 is 0 Å². The molecule has 214 valence electrons. The lowest BCUT2D eigenvalue weighted by Gasteiger charge is -2.43. The van der Waals surface area contributed by atoms with Gasteiger partial charge in [-0.15, -0.1) is 0 Å². The smallest absolute Gasteiger partial charge is 0.123 e. The molecule has 4 aromatic rings. The fraction of sp³-hybridized carbons (Fsp3) is 0.351. The van der Waals surface area contributed by atoms with Crippen LogP contribution in [0.4, 0.5) is 0 Å². The molecule has 40 heavy (non-hydrogen) atoms. The van der Waals surface area contributed by atoms with Gasteiger partial charge in [0.25, 0.3) is 0 Å². The Labute approximate surface area is 247 Å². The minimum atomic E-state index is -1.72. The van der Waals surface area contributed by atoms with Gasteiger partial charge >= 0.3 is 0 Å². The van der Waals surface area contributed by atoms with Crippen molar-refractivity contribution in [2.75, 3.05) is 6.61 Å². The summed E-state index contributed by atoms with van der Waals surface area (Å²) in [5, 5.41) is 14.3. The predicted octanol–water partition coefficient (Wildman–Crippen LogP) is 7.75. The highest BCUT2D eigenvalue weighted by Crippen LogP contribution is 2.38. The highest BCUT2D eigenvalue weighted by Gasteiger charge is 2.45. The largest absolute Gasteiger partial charge is 0.397 e. The molecule has 4 aromatic carbocycles. The van der Waals surface area contributed by atoms with Crippen LogP contribution < -0.4 is 20.7 Å². The third-order valence-corrected chi connectivity index (χ3v) is 20.8. The highest BCUT2D eigenvalue weighted by atomic mass is 28.3. The van der Waals surface area contributed by atoms with E-state index in [2.05, 4.69) is 176 Å². The second kappa shape index (κ2) is 14.8. The number of hydrogen-bond acceptors (Lipinski definition) is 1. The molecule has 0 radical (unpaired) electrons. The molecule has 0 aliphatic carbocycles. The first kappa shape index (κ1) is 33.5. The molecule has 0 saturated carbocycles. The van der Waals surface area contributed by atoms with Crippen LogP contribution in [0.5, 0.6) is 0 Å². The zero-order valence-electron chi connectivity index (χ0n) is 26.4. The van der Waals surface area contributed by atoms with E-state index >= 15 is 0 Å². The zero-order chi connectivity index (χ0) is 29.9. The molecule has 3 heteroatoms. The van der Waals surface area contributed by atoms with Crippen molar-refractivity contribution < 1.29 is 5.11 Å². The molecule has 0 heterocycles. The van der Waals surface area contributed by atoms with Gasteiger partial charge in [-0.2, -0.15) is 0 Å². The standard InChI is InChI=1S/C18H24Si.C17H22Si.C2H6O/c1-5-19(18(2,3)4,16-12-8-6-9-13-16)17-14-10-7-11-15-17;1-17(2,3)18(4,15-11-7-5-8-12-15)16-13-9-6-10-14-16;1-2-3/h6-15H,5H2,1-4H3;5-14H,1-4H3;3H,2H2,1H3. The van der Waals surface area contributed by atoms with Crippen LogP contribution in [0.2, 0.25) is 22.7 Å². The summed E-state index contributed by atoms with van der Waals surface area (Å²) < 4.78 is 0. The molecule has 0 aliphatic rings. The van der Waals surface area contributed by atoms with Crippen LogP contribution in [-0.2, 0) is 0 Å². The molecule has 0 spiro atoms. The summed E-state index contributed by atoms with van der Waals surface area (Å²) in [5.41, 5.74) is 0. The third kappa shape index (κ3) is 7.51. The van der Waals surface area contributed by atoms with Crippen LogP contribution in [0.25, 0.3) is 0 Å². The monoisotopic (exact) mass is 568 g/mol. The Morgan fingerprint density at radius 2 is 0.725 bits per heavy atom. The van der Waals surface area contributed by atoms with E-state index in [-0.39, 0.29) is 6.61 Å². The van der Waals surface area contributed by atoms with E-state index in [4.69, 9.17) is 5.11 Å². The number of benzene rings is 4. The first-order valence-electron chi connectivity index (χ1n) is 14.7. The lowest BCUT2D eigenvalue weighted by molar-refractivity contribution is 0.318. The van der Waals surface area contributed by atoms with Gasteiger partial charge in [-0.05, 0) is 17.0 Å². The van der Waals surface area contributed by atoms with Gasteiger partial charge in [0.2, 0.25) is 0 Å². The zero-order valence-corrected chi connectivity index (χ0v) is 28.4. The first-order chi connectivity index (χ1) is 18.9. The summed E-state index contributed by atoms with van der Waals surface area (Å²) in [5.74, 6) is 0. The second-order valence-corrected chi connectivity index (χ2v) is 22.7. The van der Waals surface area contributed by atoms with Crippen LogP contribution in [0.1, 0.15) is 55.4 Å². The van der Waals surface area contributed by atoms with E-state index in [0.717, 1.165) is 0 Å². The van der Waals surface area contributed by atoms with Crippen LogP contribution in [0.15, 0.2) is 121 Å². The first-order valence-corrected chi connectivity index (χ1v) is 19.4. The van der Waals surface area contributed by atoms with Gasteiger partial charge in [-0.1, -0.05) is 203 Å². The molecule has 0 unspecified atom stereocenters. The maximum atomic E-state index is 7.57. The summed E-state index contributed by atoms with van der Waals surface area (Å²) in [6.45, 7) is 21.1. The quantitative estimate of drug-likeness (QED) is 0.244. The number of rotatable bonds is 5. The molecule has 0 amide bonds. The van der Waals surface area contributed by atoms with Crippen molar-refractivity contribution in [1.29, 1.82) is 0 Å². The number of aliphatic hydroxyl groups is 1. The van der Waals surface area contributed by atoms with Gasteiger partial charge in [-0.25, -0.2) is 0 Å². The highest BCUT2D eigenvalue weighted by molar-refractivity contribution is 7.04. The van der Waals surface area contributed by atoms with E-state index in [9.17, 15) is 0 Å². The average molecular weight is 569 g/mol. The van der Waals surface area contributed by atoms with Crippen LogP contribution in [-0.4, -0.2) is 27.9 Å². The molecule has 0 aliphatic heterocycles. The molecule has 0 atom stereocenters. The number of hydrogen-bond donors (Lipinski definition) is 1. The van der Waals surface area contributed by atoms with Gasteiger partial charge in [0.1, 0.15) is 16.1 Å². The third-order valence-electron chi connectivity index (χ3n) is 8.55. The Bertz CT molecular complexity index is 1150. The normalized spacial score (nSPS) is 11.9. The molecule has 0 saturated heterocycles. The Morgan fingerprint density at radius 3 is 0.925 bits per heavy atom. The van der Waals surface area contributed by atoms with Crippen molar-refractivity contribution in [2.45, 2.75) is 78.1 Å². The van der Waals surface area contributed by atoms with Gasteiger partial charge in [-0.3, -0.25) is 0 Å². The fourth-order valence-electron chi connectivity index (χ4n) is 5.99. The van der Waals surface area contributed by atoms with Crippen LogP contribution in [0, 0.1) is 0 Å². The summed E-state index contributed by atoms with van der Waals surface area (Å²) >= 11 is 0. The number of aliphatic hydroxyl groups excluding tert-OH is 1. The van der Waals surface area contributed by atoms with Crippen molar-refractivity contribution in [3.63, 3.8) is 0 Å². The molecular weight excluding hydrogens is 517 g/mol. The van der Waals surface area contributed by atoms with Gasteiger partial charge < -0.3 is 5.11 Å². The van der Waals surface area contributed by atoms with Crippen molar-refractivity contribution >= 4 is 36.9 Å². The molecule has 0 aromatic heterocycles. The SMILES string of the molecule is CC(C)(C)[Si](C)(c1ccccc1)c1ccccc1.CCO.CC[Si](c1ccccc1)(c1ccccc1)C(C)(C)C. The molecule has 0 fully saturated rings. The Balaban J connectivity index is 0.000000256. The minimum absolute atomic E-state index is 0.250.